The van der Waals surface area contributed by atoms with E-state index in [4.69, 9.17) is 16.3 Å². The number of carbonyl (C=O) groups is 1. The summed E-state index contributed by atoms with van der Waals surface area (Å²) in [6.45, 7) is 5.67. The molecule has 0 fully saturated rings. The molecule has 0 spiro atoms. The maximum Gasteiger partial charge on any atom is 0.250 e. The van der Waals surface area contributed by atoms with Crippen molar-refractivity contribution in [2.75, 3.05) is 11.9 Å². The lowest BCUT2D eigenvalue weighted by Gasteiger charge is -2.19. The highest BCUT2D eigenvalue weighted by Gasteiger charge is 2.15. The number of hydrogen-bond donors (Lipinski definition) is 1. The van der Waals surface area contributed by atoms with Crippen molar-refractivity contribution >= 4 is 23.2 Å². The van der Waals surface area contributed by atoms with Gasteiger partial charge < -0.3 is 10.1 Å². The number of benzene rings is 1. The highest BCUT2D eigenvalue weighted by atomic mass is 35.5. The van der Waals surface area contributed by atoms with E-state index in [0.29, 0.717) is 16.4 Å². The second kappa shape index (κ2) is 6.28. The Morgan fingerprint density at radius 2 is 2.14 bits per heavy atom. The van der Waals surface area contributed by atoms with Gasteiger partial charge >= 0.3 is 0 Å². The Hall–Kier alpha value is -1.85. The molecule has 1 heterocycles. The normalized spacial score (nSPS) is 11.4. The van der Waals surface area contributed by atoms with E-state index in [2.05, 4.69) is 10.4 Å². The van der Waals surface area contributed by atoms with Crippen LogP contribution in [0.3, 0.4) is 0 Å². The lowest BCUT2D eigenvalue weighted by molar-refractivity contribution is -0.125. The van der Waals surface area contributed by atoms with Crippen molar-refractivity contribution in [1.82, 2.24) is 9.78 Å². The molecule has 6 heteroatoms. The first-order chi connectivity index (χ1) is 9.87. The van der Waals surface area contributed by atoms with E-state index in [1.807, 2.05) is 20.8 Å². The number of aromatic nitrogens is 2. The quantitative estimate of drug-likeness (QED) is 0.943. The molecule has 1 N–H and O–H groups in total. The summed E-state index contributed by atoms with van der Waals surface area (Å²) < 4.78 is 7.07. The Balaban J connectivity index is 2.17. The van der Waals surface area contributed by atoms with Gasteiger partial charge in [0.2, 0.25) is 5.91 Å². The third-order valence-electron chi connectivity index (χ3n) is 2.63. The van der Waals surface area contributed by atoms with E-state index in [0.717, 1.165) is 0 Å². The molecule has 21 heavy (non-hydrogen) atoms. The number of rotatable bonds is 4. The van der Waals surface area contributed by atoms with Gasteiger partial charge in [0.05, 0.1) is 16.3 Å². The number of anilines is 1. The lowest BCUT2D eigenvalue weighted by atomic mass is 10.2. The zero-order valence-electron chi connectivity index (χ0n) is 12.3. The molecule has 0 unspecified atom stereocenters. The van der Waals surface area contributed by atoms with Gasteiger partial charge in [0, 0.05) is 12.4 Å². The number of carbonyl (C=O) groups excluding carboxylic acids is 1. The van der Waals surface area contributed by atoms with E-state index in [-0.39, 0.29) is 18.1 Å². The van der Waals surface area contributed by atoms with Crippen molar-refractivity contribution in [2.24, 2.45) is 0 Å². The standard InChI is InChI=1S/C15H18ClN3O2/c1-15(2,3)21-10-13(20)18-12-7-4-6-11(16)14(12)19-9-5-8-17-19/h4-9H,10H2,1-3H3,(H,18,20). The van der Waals surface area contributed by atoms with Gasteiger partial charge in [-0.05, 0) is 39.0 Å². The molecule has 0 bridgehead atoms. The van der Waals surface area contributed by atoms with Gasteiger partial charge in [-0.3, -0.25) is 4.79 Å². The summed E-state index contributed by atoms with van der Waals surface area (Å²) in [6.07, 6.45) is 3.42. The predicted molar refractivity (Wildman–Crippen MR) is 82.9 cm³/mol. The van der Waals surface area contributed by atoms with Gasteiger partial charge in [-0.1, -0.05) is 17.7 Å². The highest BCUT2D eigenvalue weighted by Crippen LogP contribution is 2.27. The SMILES string of the molecule is CC(C)(C)OCC(=O)Nc1cccc(Cl)c1-n1cccn1. The largest absolute Gasteiger partial charge is 0.366 e. The molecule has 2 rings (SSSR count). The second-order valence-corrected chi connectivity index (χ2v) is 5.94. The number of amides is 1. The number of halogens is 1. The fourth-order valence-electron chi connectivity index (χ4n) is 1.72. The van der Waals surface area contributed by atoms with Crippen LogP contribution in [0.4, 0.5) is 5.69 Å². The van der Waals surface area contributed by atoms with Crippen LogP contribution in [-0.4, -0.2) is 27.9 Å². The van der Waals surface area contributed by atoms with Crippen LogP contribution in [0.15, 0.2) is 36.7 Å². The van der Waals surface area contributed by atoms with Crippen molar-refractivity contribution in [3.63, 3.8) is 0 Å². The molecule has 0 saturated heterocycles. The van der Waals surface area contributed by atoms with Crippen LogP contribution in [-0.2, 0) is 9.53 Å². The summed E-state index contributed by atoms with van der Waals surface area (Å²) >= 11 is 6.21. The van der Waals surface area contributed by atoms with Crippen molar-refractivity contribution < 1.29 is 9.53 Å². The summed E-state index contributed by atoms with van der Waals surface area (Å²) in [5.74, 6) is -0.236. The number of nitrogens with one attached hydrogen (secondary N) is 1. The van der Waals surface area contributed by atoms with Crippen molar-refractivity contribution in [3.05, 3.63) is 41.7 Å². The Morgan fingerprint density at radius 1 is 1.38 bits per heavy atom. The van der Waals surface area contributed by atoms with Crippen LogP contribution in [0.1, 0.15) is 20.8 Å². The zero-order chi connectivity index (χ0) is 15.5. The first-order valence-electron chi connectivity index (χ1n) is 6.59. The van der Waals surface area contributed by atoms with E-state index in [1.54, 1.807) is 41.3 Å². The number of para-hydroxylation sites is 1. The van der Waals surface area contributed by atoms with E-state index in [1.165, 1.54) is 0 Å². The van der Waals surface area contributed by atoms with Crippen LogP contribution >= 0.6 is 11.6 Å². The molecule has 0 aliphatic rings. The fraction of sp³-hybridized carbons (Fsp3) is 0.333. The smallest absolute Gasteiger partial charge is 0.250 e. The molecule has 0 radical (unpaired) electrons. The Morgan fingerprint density at radius 3 is 2.76 bits per heavy atom. The fourth-order valence-corrected chi connectivity index (χ4v) is 1.98. The molecule has 112 valence electrons. The second-order valence-electron chi connectivity index (χ2n) is 5.54. The Labute approximate surface area is 128 Å². The molecule has 0 atom stereocenters. The van der Waals surface area contributed by atoms with Crippen LogP contribution in [0.25, 0.3) is 5.69 Å². The average Bonchev–Trinajstić information content (AvgIpc) is 2.89. The minimum Gasteiger partial charge on any atom is -0.366 e. The van der Waals surface area contributed by atoms with Crippen LogP contribution < -0.4 is 5.32 Å². The third-order valence-corrected chi connectivity index (χ3v) is 2.94. The lowest BCUT2D eigenvalue weighted by Crippen LogP contribution is -2.27. The monoisotopic (exact) mass is 307 g/mol. The predicted octanol–water partition coefficient (Wildman–Crippen LogP) is 3.28. The molecule has 0 aliphatic carbocycles. The van der Waals surface area contributed by atoms with Gasteiger partial charge in [-0.25, -0.2) is 4.68 Å². The summed E-state index contributed by atoms with van der Waals surface area (Å²) in [5, 5.41) is 7.46. The van der Waals surface area contributed by atoms with Crippen LogP contribution in [0.2, 0.25) is 5.02 Å². The molecular formula is C15H18ClN3O2. The van der Waals surface area contributed by atoms with Gasteiger partial charge in [0.15, 0.2) is 0 Å². The molecule has 0 saturated carbocycles. The van der Waals surface area contributed by atoms with Crippen molar-refractivity contribution in [1.29, 1.82) is 0 Å². The molecular weight excluding hydrogens is 290 g/mol. The van der Waals surface area contributed by atoms with E-state index >= 15 is 0 Å². The van der Waals surface area contributed by atoms with E-state index < -0.39 is 0 Å². The molecule has 5 nitrogen and oxygen atoms in total. The van der Waals surface area contributed by atoms with Crippen molar-refractivity contribution in [2.45, 2.75) is 26.4 Å². The van der Waals surface area contributed by atoms with Gasteiger partial charge in [0.25, 0.3) is 0 Å². The number of nitrogens with zero attached hydrogens (tertiary/aromatic N) is 2. The van der Waals surface area contributed by atoms with Crippen LogP contribution in [0, 0.1) is 0 Å². The summed E-state index contributed by atoms with van der Waals surface area (Å²) in [5.41, 5.74) is 0.859. The molecule has 1 aromatic heterocycles. The highest BCUT2D eigenvalue weighted by molar-refractivity contribution is 6.33. The Kier molecular flexibility index (Phi) is 4.65. The van der Waals surface area contributed by atoms with Gasteiger partial charge in [-0.15, -0.1) is 0 Å². The first-order valence-corrected chi connectivity index (χ1v) is 6.97. The molecule has 1 amide bonds. The minimum absolute atomic E-state index is 0.0193. The third kappa shape index (κ3) is 4.31. The van der Waals surface area contributed by atoms with Crippen molar-refractivity contribution in [3.8, 4) is 5.69 Å². The molecule has 0 aliphatic heterocycles. The summed E-state index contributed by atoms with van der Waals surface area (Å²) in [7, 11) is 0. The first kappa shape index (κ1) is 15.5. The molecule has 2 aromatic rings. The maximum atomic E-state index is 12.0. The summed E-state index contributed by atoms with van der Waals surface area (Å²) in [4.78, 5) is 12.0. The topological polar surface area (TPSA) is 56.1 Å². The van der Waals surface area contributed by atoms with Gasteiger partial charge in [-0.2, -0.15) is 5.10 Å². The molecule has 1 aromatic carbocycles. The van der Waals surface area contributed by atoms with Gasteiger partial charge in [0.1, 0.15) is 12.3 Å². The maximum absolute atomic E-state index is 12.0. The van der Waals surface area contributed by atoms with Crippen LogP contribution in [0.5, 0.6) is 0 Å². The summed E-state index contributed by atoms with van der Waals surface area (Å²) in [6, 6.07) is 7.09. The number of hydrogen-bond acceptors (Lipinski definition) is 3. The Bertz CT molecular complexity index is 618. The zero-order valence-corrected chi connectivity index (χ0v) is 13.0. The number of ether oxygens (including phenoxy) is 1. The minimum atomic E-state index is -0.365. The van der Waals surface area contributed by atoms with E-state index in [9.17, 15) is 4.79 Å². The average molecular weight is 308 g/mol.